The van der Waals surface area contributed by atoms with E-state index in [-0.39, 0.29) is 34.7 Å². The number of rotatable bonds is 7. The molecule has 1 saturated heterocycles. The zero-order valence-corrected chi connectivity index (χ0v) is 20.7. The van der Waals surface area contributed by atoms with Crippen molar-refractivity contribution >= 4 is 23.6 Å². The number of likely N-dealkylation sites (tertiary alicyclic amines) is 1. The number of aromatic hydroxyl groups is 1. The molecule has 0 atom stereocenters. The molecule has 0 aliphatic carbocycles. The molecule has 2 N–H and O–H groups in total. The fraction of sp³-hybridized carbons (Fsp3) is 0.269. The minimum absolute atomic E-state index is 0.00813. The van der Waals surface area contributed by atoms with Gasteiger partial charge in [-0.15, -0.1) is 11.8 Å². The fourth-order valence-electron chi connectivity index (χ4n) is 3.93. The van der Waals surface area contributed by atoms with Gasteiger partial charge in [0, 0.05) is 30.1 Å². The van der Waals surface area contributed by atoms with Gasteiger partial charge in [-0.25, -0.2) is 9.37 Å². The van der Waals surface area contributed by atoms with E-state index in [4.69, 9.17) is 9.47 Å². The highest BCUT2D eigenvalue weighted by Gasteiger charge is 2.27. The average Bonchev–Trinajstić information content (AvgIpc) is 2.89. The standard InChI is InChI=1S/C26H26FN3O5S/c1-34-18-6-7-21(23(31)14-18)26(33)30-10-8-17(9-11-30)29-24(32)22-12-16(27)15-28-25(22)35-19-4-3-5-20(13-19)36-2/h3-7,12-15,17,31H,8-11H2,1-2H3,(H,29,32). The molecule has 36 heavy (non-hydrogen) atoms. The third-order valence-corrected chi connectivity index (χ3v) is 6.60. The number of pyridine rings is 1. The van der Waals surface area contributed by atoms with Gasteiger partial charge in [0.25, 0.3) is 11.8 Å². The number of phenols is 1. The van der Waals surface area contributed by atoms with E-state index in [9.17, 15) is 19.1 Å². The summed E-state index contributed by atoms with van der Waals surface area (Å²) in [6.45, 7) is 0.781. The number of nitrogens with zero attached hydrogens (tertiary/aromatic N) is 2. The van der Waals surface area contributed by atoms with Crippen LogP contribution in [0, 0.1) is 5.82 Å². The van der Waals surface area contributed by atoms with Crippen molar-refractivity contribution in [1.82, 2.24) is 15.2 Å². The Bertz CT molecular complexity index is 1260. The van der Waals surface area contributed by atoms with Crippen molar-refractivity contribution in [2.24, 2.45) is 0 Å². The summed E-state index contributed by atoms with van der Waals surface area (Å²) < 4.78 is 24.8. The number of piperidine rings is 1. The van der Waals surface area contributed by atoms with Gasteiger partial charge in [0.2, 0.25) is 5.88 Å². The Morgan fingerprint density at radius 1 is 1.11 bits per heavy atom. The summed E-state index contributed by atoms with van der Waals surface area (Å²) in [5.74, 6) is -0.641. The first-order chi connectivity index (χ1) is 17.4. The Labute approximate surface area is 212 Å². The lowest BCUT2D eigenvalue weighted by Crippen LogP contribution is -2.46. The third-order valence-electron chi connectivity index (χ3n) is 5.87. The molecule has 1 aromatic heterocycles. The van der Waals surface area contributed by atoms with Crippen LogP contribution in [0.2, 0.25) is 0 Å². The molecule has 0 spiro atoms. The summed E-state index contributed by atoms with van der Waals surface area (Å²) >= 11 is 1.55. The Morgan fingerprint density at radius 2 is 1.89 bits per heavy atom. The average molecular weight is 512 g/mol. The van der Waals surface area contributed by atoms with Crippen molar-refractivity contribution in [3.05, 3.63) is 71.7 Å². The third kappa shape index (κ3) is 5.88. The molecule has 0 radical (unpaired) electrons. The highest BCUT2D eigenvalue weighted by molar-refractivity contribution is 7.98. The van der Waals surface area contributed by atoms with Crippen LogP contribution in [-0.4, -0.2) is 59.3 Å². The summed E-state index contributed by atoms with van der Waals surface area (Å²) in [6, 6.07) is 12.7. The second-order valence-electron chi connectivity index (χ2n) is 8.21. The van der Waals surface area contributed by atoms with Gasteiger partial charge < -0.3 is 24.8 Å². The maximum Gasteiger partial charge on any atom is 0.257 e. The van der Waals surface area contributed by atoms with Gasteiger partial charge in [0.1, 0.15) is 28.6 Å². The Balaban J connectivity index is 1.40. The molecule has 0 bridgehead atoms. The number of hydrogen-bond donors (Lipinski definition) is 2. The SMILES string of the molecule is COc1ccc(C(=O)N2CCC(NC(=O)c3cc(F)cnc3Oc3cccc(SC)c3)CC2)c(O)c1. The van der Waals surface area contributed by atoms with Crippen molar-refractivity contribution in [3.8, 4) is 23.1 Å². The lowest BCUT2D eigenvalue weighted by Gasteiger charge is -2.32. The number of hydrogen-bond acceptors (Lipinski definition) is 7. The minimum Gasteiger partial charge on any atom is -0.507 e. The first-order valence-corrected chi connectivity index (χ1v) is 12.5. The van der Waals surface area contributed by atoms with Crippen LogP contribution < -0.4 is 14.8 Å². The van der Waals surface area contributed by atoms with Crippen LogP contribution >= 0.6 is 11.8 Å². The molecule has 0 unspecified atom stereocenters. The number of carbonyl (C=O) groups excluding carboxylic acids is 2. The summed E-state index contributed by atoms with van der Waals surface area (Å²) in [7, 11) is 1.48. The zero-order valence-electron chi connectivity index (χ0n) is 19.9. The molecular formula is C26H26FN3O5S. The van der Waals surface area contributed by atoms with Gasteiger partial charge in [-0.2, -0.15) is 0 Å². The van der Waals surface area contributed by atoms with Gasteiger partial charge in [-0.05, 0) is 55.5 Å². The number of nitrogens with one attached hydrogen (secondary N) is 1. The van der Waals surface area contributed by atoms with E-state index in [1.54, 1.807) is 28.8 Å². The largest absolute Gasteiger partial charge is 0.507 e. The van der Waals surface area contributed by atoms with Crippen molar-refractivity contribution < 1.29 is 28.6 Å². The highest BCUT2D eigenvalue weighted by Crippen LogP contribution is 2.28. The summed E-state index contributed by atoms with van der Waals surface area (Å²) in [5.41, 5.74) is 0.183. The summed E-state index contributed by atoms with van der Waals surface area (Å²) in [6.07, 6.45) is 3.95. The molecule has 1 aliphatic heterocycles. The number of aromatic nitrogens is 1. The molecule has 2 aromatic carbocycles. The Hall–Kier alpha value is -3.79. The normalized spacial score (nSPS) is 13.8. The molecule has 2 heterocycles. The van der Waals surface area contributed by atoms with Gasteiger partial charge >= 0.3 is 0 Å². The van der Waals surface area contributed by atoms with E-state index >= 15 is 0 Å². The van der Waals surface area contributed by atoms with E-state index in [1.807, 2.05) is 24.5 Å². The monoisotopic (exact) mass is 511 g/mol. The van der Waals surface area contributed by atoms with Crippen molar-refractivity contribution in [3.63, 3.8) is 0 Å². The Morgan fingerprint density at radius 3 is 2.58 bits per heavy atom. The minimum atomic E-state index is -0.648. The van der Waals surface area contributed by atoms with Gasteiger partial charge in [0.05, 0.1) is 18.9 Å². The smallest absolute Gasteiger partial charge is 0.257 e. The lowest BCUT2D eigenvalue weighted by atomic mass is 10.0. The van der Waals surface area contributed by atoms with Crippen molar-refractivity contribution in [2.75, 3.05) is 26.5 Å². The highest BCUT2D eigenvalue weighted by atomic mass is 32.2. The van der Waals surface area contributed by atoms with E-state index in [0.29, 0.717) is 37.4 Å². The van der Waals surface area contributed by atoms with Crippen LogP contribution in [0.5, 0.6) is 23.1 Å². The predicted molar refractivity (Wildman–Crippen MR) is 134 cm³/mol. The predicted octanol–water partition coefficient (Wildman–Crippen LogP) is 4.48. The summed E-state index contributed by atoms with van der Waals surface area (Å²) in [4.78, 5) is 32.4. The molecular weight excluding hydrogens is 485 g/mol. The molecule has 0 saturated carbocycles. The number of benzene rings is 2. The first kappa shape index (κ1) is 25.3. The van der Waals surface area contributed by atoms with Crippen LogP contribution in [-0.2, 0) is 0 Å². The number of methoxy groups -OCH3 is 1. The number of phenolic OH excluding ortho intramolecular Hbond substituents is 1. The van der Waals surface area contributed by atoms with E-state index in [1.165, 1.54) is 19.2 Å². The maximum atomic E-state index is 14.0. The second kappa shape index (κ2) is 11.3. The summed E-state index contributed by atoms with van der Waals surface area (Å²) in [5, 5.41) is 13.1. The molecule has 10 heteroatoms. The Kier molecular flexibility index (Phi) is 7.94. The molecule has 1 aliphatic rings. The maximum absolute atomic E-state index is 14.0. The quantitative estimate of drug-likeness (QED) is 0.451. The van der Waals surface area contributed by atoms with Crippen LogP contribution in [0.15, 0.2) is 59.6 Å². The molecule has 1 fully saturated rings. The molecule has 188 valence electrons. The van der Waals surface area contributed by atoms with Crippen LogP contribution in [0.4, 0.5) is 4.39 Å². The topological polar surface area (TPSA) is 101 Å². The fourth-order valence-corrected chi connectivity index (χ4v) is 4.38. The van der Waals surface area contributed by atoms with Crippen LogP contribution in [0.1, 0.15) is 33.6 Å². The number of carbonyl (C=O) groups is 2. The van der Waals surface area contributed by atoms with Gasteiger partial charge in [0.15, 0.2) is 0 Å². The number of ether oxygens (including phenoxy) is 2. The zero-order chi connectivity index (χ0) is 25.7. The first-order valence-electron chi connectivity index (χ1n) is 11.3. The van der Waals surface area contributed by atoms with Gasteiger partial charge in [-0.1, -0.05) is 6.07 Å². The van der Waals surface area contributed by atoms with Crippen molar-refractivity contribution in [1.29, 1.82) is 0 Å². The van der Waals surface area contributed by atoms with Gasteiger partial charge in [-0.3, -0.25) is 9.59 Å². The second-order valence-corrected chi connectivity index (χ2v) is 9.09. The molecule has 3 aromatic rings. The number of thioether (sulfide) groups is 1. The van der Waals surface area contributed by atoms with Crippen LogP contribution in [0.25, 0.3) is 0 Å². The van der Waals surface area contributed by atoms with E-state index in [0.717, 1.165) is 17.2 Å². The van der Waals surface area contributed by atoms with E-state index in [2.05, 4.69) is 10.3 Å². The number of amides is 2. The van der Waals surface area contributed by atoms with Crippen LogP contribution in [0.3, 0.4) is 0 Å². The lowest BCUT2D eigenvalue weighted by molar-refractivity contribution is 0.0695. The van der Waals surface area contributed by atoms with Crippen molar-refractivity contribution in [2.45, 2.75) is 23.8 Å². The van der Waals surface area contributed by atoms with E-state index < -0.39 is 11.7 Å². The molecule has 8 nitrogen and oxygen atoms in total. The molecule has 4 rings (SSSR count). The number of halogens is 1. The molecule has 2 amide bonds.